The Hall–Kier alpha value is -1.16. The fourth-order valence-corrected chi connectivity index (χ4v) is 0.792. The Morgan fingerprint density at radius 2 is 1.92 bits per heavy atom. The van der Waals surface area contributed by atoms with Crippen molar-refractivity contribution in [2.24, 2.45) is 0 Å². The van der Waals surface area contributed by atoms with Crippen LogP contribution in [-0.2, 0) is 0 Å². The summed E-state index contributed by atoms with van der Waals surface area (Å²) in [6.07, 6.45) is 10.9. The third-order valence-corrected chi connectivity index (χ3v) is 1.40. The van der Waals surface area contributed by atoms with Crippen molar-refractivity contribution in [2.75, 3.05) is 13.6 Å². The van der Waals surface area contributed by atoms with Crippen LogP contribution in [0.25, 0.3) is 0 Å². The highest BCUT2D eigenvalue weighted by molar-refractivity contribution is 4.99. The Morgan fingerprint density at radius 1 is 1.46 bits per heavy atom. The summed E-state index contributed by atoms with van der Waals surface area (Å²) in [5.41, 5.74) is 1.40. The van der Waals surface area contributed by atoms with Gasteiger partial charge in [-0.1, -0.05) is 17.7 Å². The van der Waals surface area contributed by atoms with Crippen molar-refractivity contribution >= 4 is 0 Å². The van der Waals surface area contributed by atoms with E-state index in [1.54, 1.807) is 6.92 Å². The van der Waals surface area contributed by atoms with Gasteiger partial charge in [0.2, 0.25) is 0 Å². The fourth-order valence-electron chi connectivity index (χ4n) is 0.792. The highest BCUT2D eigenvalue weighted by Gasteiger charge is 1.89. The van der Waals surface area contributed by atoms with Crippen molar-refractivity contribution in [1.82, 2.24) is 4.90 Å². The first-order valence-electron chi connectivity index (χ1n) is 4.44. The normalized spacial score (nSPS) is 10.3. The van der Waals surface area contributed by atoms with Gasteiger partial charge in [0.25, 0.3) is 0 Å². The number of nitrogens with zero attached hydrogens (tertiary/aromatic N) is 1. The van der Waals surface area contributed by atoms with E-state index in [-0.39, 0.29) is 0 Å². The molecule has 0 bridgehead atoms. The van der Waals surface area contributed by atoms with Gasteiger partial charge in [-0.15, -0.1) is 12.3 Å². The Labute approximate surface area is 83.1 Å². The Morgan fingerprint density at radius 3 is 2.23 bits per heavy atom. The Balaban J connectivity index is 0. The minimum Gasteiger partial charge on any atom is -0.377 e. The molecule has 0 N–H and O–H groups in total. The van der Waals surface area contributed by atoms with Gasteiger partial charge in [-0.3, -0.25) is 0 Å². The van der Waals surface area contributed by atoms with E-state index in [9.17, 15) is 0 Å². The SMILES string of the molecule is C#CC.C/C=C\N(C)C/C(C)=C/C. The Kier molecular flexibility index (Phi) is 12.0. The van der Waals surface area contributed by atoms with Gasteiger partial charge in [0, 0.05) is 13.6 Å². The summed E-state index contributed by atoms with van der Waals surface area (Å²) in [6, 6.07) is 0. The van der Waals surface area contributed by atoms with Gasteiger partial charge in [-0.25, -0.2) is 0 Å². The molecule has 0 aromatic heterocycles. The van der Waals surface area contributed by atoms with Crippen LogP contribution in [0.15, 0.2) is 23.9 Å². The van der Waals surface area contributed by atoms with Crippen molar-refractivity contribution in [3.05, 3.63) is 23.9 Å². The predicted molar refractivity (Wildman–Crippen MR) is 61.4 cm³/mol. The van der Waals surface area contributed by atoms with E-state index in [0.717, 1.165) is 6.54 Å². The van der Waals surface area contributed by atoms with Gasteiger partial charge in [0.15, 0.2) is 0 Å². The van der Waals surface area contributed by atoms with Crippen LogP contribution < -0.4 is 0 Å². The third kappa shape index (κ3) is 13.8. The largest absolute Gasteiger partial charge is 0.377 e. The molecule has 0 atom stereocenters. The third-order valence-electron chi connectivity index (χ3n) is 1.40. The van der Waals surface area contributed by atoms with Crippen molar-refractivity contribution in [2.45, 2.75) is 27.7 Å². The second kappa shape index (κ2) is 10.8. The van der Waals surface area contributed by atoms with E-state index >= 15 is 0 Å². The molecule has 0 radical (unpaired) electrons. The van der Waals surface area contributed by atoms with Crippen LogP contribution in [0.3, 0.4) is 0 Å². The molecule has 0 amide bonds. The van der Waals surface area contributed by atoms with Crippen LogP contribution in [0, 0.1) is 12.3 Å². The highest BCUT2D eigenvalue weighted by atomic mass is 15.1. The quantitative estimate of drug-likeness (QED) is 0.475. The molecule has 0 rings (SSSR count). The lowest BCUT2D eigenvalue weighted by Crippen LogP contribution is -2.12. The molecule has 1 heteroatoms. The van der Waals surface area contributed by atoms with E-state index in [0.29, 0.717) is 0 Å². The molecule has 0 unspecified atom stereocenters. The van der Waals surface area contributed by atoms with Gasteiger partial charge in [-0.2, -0.15) is 0 Å². The first-order chi connectivity index (χ1) is 6.12. The number of hydrogen-bond donors (Lipinski definition) is 0. The molecular formula is C12H21N. The van der Waals surface area contributed by atoms with E-state index in [1.165, 1.54) is 5.57 Å². The summed E-state index contributed by atoms with van der Waals surface area (Å²) in [5, 5.41) is 0. The monoisotopic (exact) mass is 179 g/mol. The molecule has 1 nitrogen and oxygen atoms in total. The molecule has 0 aromatic carbocycles. The maximum absolute atomic E-state index is 4.60. The summed E-state index contributed by atoms with van der Waals surface area (Å²) >= 11 is 0. The molecule has 13 heavy (non-hydrogen) atoms. The summed E-state index contributed by atoms with van der Waals surface area (Å²) in [6.45, 7) is 8.92. The summed E-state index contributed by atoms with van der Waals surface area (Å²) in [7, 11) is 2.08. The predicted octanol–water partition coefficient (Wildman–Crippen LogP) is 3.06. The lowest BCUT2D eigenvalue weighted by atomic mass is 10.3. The van der Waals surface area contributed by atoms with E-state index in [2.05, 4.69) is 50.4 Å². The average Bonchev–Trinajstić information content (AvgIpc) is 2.06. The van der Waals surface area contributed by atoms with Gasteiger partial charge < -0.3 is 4.90 Å². The van der Waals surface area contributed by atoms with Crippen molar-refractivity contribution in [3.63, 3.8) is 0 Å². The highest BCUT2D eigenvalue weighted by Crippen LogP contribution is 1.95. The zero-order chi connectivity index (χ0) is 10.7. The fraction of sp³-hybridized carbons (Fsp3) is 0.500. The zero-order valence-electron chi connectivity index (χ0n) is 9.46. The minimum absolute atomic E-state index is 1.03. The summed E-state index contributed by atoms with van der Waals surface area (Å²) in [4.78, 5) is 2.16. The van der Waals surface area contributed by atoms with E-state index in [4.69, 9.17) is 0 Å². The summed E-state index contributed by atoms with van der Waals surface area (Å²) in [5.74, 6) is 2.25. The molecule has 0 aromatic rings. The molecular weight excluding hydrogens is 158 g/mol. The van der Waals surface area contributed by atoms with Crippen molar-refractivity contribution < 1.29 is 0 Å². The topological polar surface area (TPSA) is 3.24 Å². The zero-order valence-corrected chi connectivity index (χ0v) is 9.46. The Bertz CT molecular complexity index is 194. The molecule has 74 valence electrons. The van der Waals surface area contributed by atoms with Crippen LogP contribution in [0.1, 0.15) is 27.7 Å². The minimum atomic E-state index is 1.03. The molecule has 0 heterocycles. The van der Waals surface area contributed by atoms with E-state index < -0.39 is 0 Å². The second-order valence-electron chi connectivity index (χ2n) is 2.82. The smallest absolute Gasteiger partial charge is 0.0377 e. The maximum atomic E-state index is 4.60. The van der Waals surface area contributed by atoms with Crippen LogP contribution in [0.4, 0.5) is 0 Å². The van der Waals surface area contributed by atoms with Gasteiger partial charge in [-0.05, 0) is 33.9 Å². The van der Waals surface area contributed by atoms with Crippen LogP contribution >= 0.6 is 0 Å². The molecule has 0 aliphatic rings. The first kappa shape index (κ1) is 14.4. The molecule has 0 aliphatic carbocycles. The molecule has 0 fully saturated rings. The molecule has 0 spiro atoms. The number of terminal acetylenes is 1. The van der Waals surface area contributed by atoms with E-state index in [1.807, 2.05) is 13.0 Å². The number of rotatable bonds is 3. The molecule has 0 aliphatic heterocycles. The average molecular weight is 179 g/mol. The van der Waals surface area contributed by atoms with Gasteiger partial charge >= 0.3 is 0 Å². The number of allylic oxidation sites excluding steroid dienone is 2. The number of hydrogen-bond acceptors (Lipinski definition) is 1. The van der Waals surface area contributed by atoms with Crippen molar-refractivity contribution in [1.29, 1.82) is 0 Å². The molecule has 0 saturated heterocycles. The van der Waals surface area contributed by atoms with Gasteiger partial charge in [0.1, 0.15) is 0 Å². The lowest BCUT2D eigenvalue weighted by molar-refractivity contribution is 0.495. The molecule has 0 saturated carbocycles. The standard InChI is InChI=1S/C9H17N.C3H4/c1-5-7-10(4)8-9(3)6-2;1-3-2/h5-7H,8H2,1-4H3;1H,2H3/b7-5-,9-6+;. The number of likely N-dealkylation sites (N-methyl/N-ethyl adjacent to an activating group) is 1. The van der Waals surface area contributed by atoms with Crippen molar-refractivity contribution in [3.8, 4) is 12.3 Å². The summed E-state index contributed by atoms with van der Waals surface area (Å²) < 4.78 is 0. The van der Waals surface area contributed by atoms with Crippen LogP contribution in [0.2, 0.25) is 0 Å². The van der Waals surface area contributed by atoms with Gasteiger partial charge in [0.05, 0.1) is 0 Å². The van der Waals surface area contributed by atoms with Crippen LogP contribution in [0.5, 0.6) is 0 Å². The van der Waals surface area contributed by atoms with Crippen LogP contribution in [-0.4, -0.2) is 18.5 Å². The lowest BCUT2D eigenvalue weighted by Gasteiger charge is -2.13. The maximum Gasteiger partial charge on any atom is 0.0377 e. The second-order valence-corrected chi connectivity index (χ2v) is 2.82. The first-order valence-corrected chi connectivity index (χ1v) is 4.44.